The second kappa shape index (κ2) is 9.53. The molecule has 0 radical (unpaired) electrons. The molecule has 0 aromatic heterocycles. The van der Waals surface area contributed by atoms with Gasteiger partial charge in [0.05, 0.1) is 0 Å². The van der Waals surface area contributed by atoms with Gasteiger partial charge in [0.25, 0.3) is 0 Å². The summed E-state index contributed by atoms with van der Waals surface area (Å²) in [6.45, 7) is 8.24. The normalized spacial score (nSPS) is 13.4. The number of amides is 2. The van der Waals surface area contributed by atoms with Crippen molar-refractivity contribution in [1.29, 1.82) is 0 Å². The van der Waals surface area contributed by atoms with Crippen molar-refractivity contribution in [3.05, 3.63) is 69.8 Å². The van der Waals surface area contributed by atoms with Gasteiger partial charge in [0.15, 0.2) is 11.6 Å². The highest BCUT2D eigenvalue weighted by atomic mass is 16.2. The van der Waals surface area contributed by atoms with Gasteiger partial charge in [0.2, 0.25) is 11.8 Å². The summed E-state index contributed by atoms with van der Waals surface area (Å²) in [5, 5.41) is 0. The average Bonchev–Trinajstić information content (AvgIpc) is 2.76. The van der Waals surface area contributed by atoms with E-state index in [9.17, 15) is 19.2 Å². The average molecular weight is 463 g/mol. The van der Waals surface area contributed by atoms with E-state index >= 15 is 0 Å². The first-order chi connectivity index (χ1) is 15.8. The number of rotatable bonds is 10. The monoisotopic (exact) mass is 462 g/mol. The second-order valence-electron chi connectivity index (χ2n) is 10.6. The summed E-state index contributed by atoms with van der Waals surface area (Å²) >= 11 is 0. The van der Waals surface area contributed by atoms with Gasteiger partial charge in [-0.25, -0.2) is 0 Å². The molecule has 0 saturated carbocycles. The highest BCUT2D eigenvalue weighted by molar-refractivity contribution is 6.28. The first-order valence-electron chi connectivity index (χ1n) is 11.8. The molecule has 34 heavy (non-hydrogen) atoms. The molecule has 180 valence electrons. The van der Waals surface area contributed by atoms with Crippen LogP contribution in [0.25, 0.3) is 0 Å². The van der Waals surface area contributed by atoms with Crippen molar-refractivity contribution in [2.24, 2.45) is 11.5 Å². The highest BCUT2D eigenvalue weighted by Gasteiger charge is 2.33. The third-order valence-electron chi connectivity index (χ3n) is 7.03. The molecule has 1 aliphatic carbocycles. The maximum atomic E-state index is 13.4. The zero-order valence-electron chi connectivity index (χ0n) is 20.5. The summed E-state index contributed by atoms with van der Waals surface area (Å²) in [5.41, 5.74) is 13.6. The van der Waals surface area contributed by atoms with Crippen LogP contribution in [-0.2, 0) is 20.4 Å². The fourth-order valence-corrected chi connectivity index (χ4v) is 4.69. The standard InChI is InChI=1S/C28H34N2O4/c1-27(2,13-5-7-23(29)31)17-9-11-19-21(15-17)25(33)20-12-10-18(16-22(20)26(19)34)28(3,4)14-6-8-24(30)32/h9-12,15-16H,5-8,13-14H2,1-4H3,(H2,29,31)(H2,30,32). The van der Waals surface area contributed by atoms with Crippen LogP contribution < -0.4 is 11.5 Å². The predicted molar refractivity (Wildman–Crippen MR) is 132 cm³/mol. The number of hydrogen-bond donors (Lipinski definition) is 2. The lowest BCUT2D eigenvalue weighted by atomic mass is 9.74. The van der Waals surface area contributed by atoms with Crippen molar-refractivity contribution in [2.75, 3.05) is 0 Å². The predicted octanol–water partition coefficient (Wildman–Crippen LogP) is 4.33. The number of nitrogens with two attached hydrogens (primary N) is 2. The Morgan fingerprint density at radius 1 is 0.647 bits per heavy atom. The largest absolute Gasteiger partial charge is 0.370 e. The maximum Gasteiger partial charge on any atom is 0.217 e. The van der Waals surface area contributed by atoms with E-state index in [2.05, 4.69) is 27.7 Å². The number of carbonyl (C=O) groups excluding carboxylic acids is 4. The van der Waals surface area contributed by atoms with Crippen LogP contribution in [0.2, 0.25) is 0 Å². The molecule has 0 aliphatic heterocycles. The molecule has 0 unspecified atom stereocenters. The molecule has 4 N–H and O–H groups in total. The SMILES string of the molecule is CC(C)(CCCC(N)=O)c1ccc2c(c1)C(=O)c1ccc(C(C)(C)CCCC(N)=O)cc1C2=O. The maximum absolute atomic E-state index is 13.4. The molecule has 3 rings (SSSR count). The lowest BCUT2D eigenvalue weighted by Gasteiger charge is -2.29. The van der Waals surface area contributed by atoms with E-state index in [1.165, 1.54) is 0 Å². The zero-order chi connectivity index (χ0) is 25.3. The van der Waals surface area contributed by atoms with E-state index in [0.29, 0.717) is 47.9 Å². The summed E-state index contributed by atoms with van der Waals surface area (Å²) in [4.78, 5) is 48.9. The topological polar surface area (TPSA) is 120 Å². The number of carbonyl (C=O) groups is 4. The fourth-order valence-electron chi connectivity index (χ4n) is 4.69. The number of primary amides is 2. The molecule has 2 amide bonds. The summed E-state index contributed by atoms with van der Waals surface area (Å²) in [6, 6.07) is 10.9. The van der Waals surface area contributed by atoms with Gasteiger partial charge in [0.1, 0.15) is 0 Å². The van der Waals surface area contributed by atoms with Crippen molar-refractivity contribution in [3.8, 4) is 0 Å². The van der Waals surface area contributed by atoms with Crippen LogP contribution in [0.4, 0.5) is 0 Å². The second-order valence-corrected chi connectivity index (χ2v) is 10.6. The Morgan fingerprint density at radius 2 is 1.00 bits per heavy atom. The lowest BCUT2D eigenvalue weighted by Crippen LogP contribution is -2.25. The molecule has 2 aromatic rings. The lowest BCUT2D eigenvalue weighted by molar-refractivity contribution is -0.119. The summed E-state index contributed by atoms with van der Waals surface area (Å²) in [5.74, 6) is -0.960. The Morgan fingerprint density at radius 3 is 1.32 bits per heavy atom. The van der Waals surface area contributed by atoms with E-state index in [1.807, 2.05) is 24.3 Å². The molecule has 2 aromatic carbocycles. The Kier molecular flexibility index (Phi) is 7.10. The number of ketones is 2. The smallest absolute Gasteiger partial charge is 0.217 e. The van der Waals surface area contributed by atoms with E-state index < -0.39 is 0 Å². The molecule has 0 fully saturated rings. The first-order valence-corrected chi connectivity index (χ1v) is 11.8. The molecule has 0 spiro atoms. The Bertz CT molecular complexity index is 1070. The van der Waals surface area contributed by atoms with E-state index in [-0.39, 0.29) is 34.2 Å². The van der Waals surface area contributed by atoms with Gasteiger partial charge >= 0.3 is 0 Å². The fraction of sp³-hybridized carbons (Fsp3) is 0.429. The minimum Gasteiger partial charge on any atom is -0.370 e. The molecule has 0 saturated heterocycles. The van der Waals surface area contributed by atoms with Crippen LogP contribution in [0.5, 0.6) is 0 Å². The van der Waals surface area contributed by atoms with Gasteiger partial charge in [0, 0.05) is 35.1 Å². The van der Waals surface area contributed by atoms with Gasteiger partial charge in [-0.2, -0.15) is 0 Å². The zero-order valence-corrected chi connectivity index (χ0v) is 20.5. The highest BCUT2D eigenvalue weighted by Crippen LogP contribution is 2.36. The van der Waals surface area contributed by atoms with E-state index in [0.717, 1.165) is 24.0 Å². The molecule has 0 atom stereocenters. The van der Waals surface area contributed by atoms with Crippen molar-refractivity contribution >= 4 is 23.4 Å². The van der Waals surface area contributed by atoms with E-state index in [4.69, 9.17) is 11.5 Å². The van der Waals surface area contributed by atoms with Crippen LogP contribution in [0.3, 0.4) is 0 Å². The molecular formula is C28H34N2O4. The third kappa shape index (κ3) is 5.27. The van der Waals surface area contributed by atoms with Gasteiger partial charge < -0.3 is 11.5 Å². The summed E-state index contributed by atoms with van der Waals surface area (Å²) < 4.78 is 0. The van der Waals surface area contributed by atoms with E-state index in [1.54, 1.807) is 12.1 Å². The van der Waals surface area contributed by atoms with Crippen LogP contribution in [0.1, 0.15) is 109 Å². The van der Waals surface area contributed by atoms with Crippen LogP contribution >= 0.6 is 0 Å². The van der Waals surface area contributed by atoms with Crippen molar-refractivity contribution in [3.63, 3.8) is 0 Å². The minimum absolute atomic E-state index is 0.155. The van der Waals surface area contributed by atoms with Crippen LogP contribution in [0, 0.1) is 0 Å². The molecule has 1 aliphatic rings. The number of benzene rings is 2. The van der Waals surface area contributed by atoms with Gasteiger partial charge in [-0.3, -0.25) is 19.2 Å². The van der Waals surface area contributed by atoms with Crippen molar-refractivity contribution < 1.29 is 19.2 Å². The van der Waals surface area contributed by atoms with Gasteiger partial charge in [-0.1, -0.05) is 39.8 Å². The molecule has 0 bridgehead atoms. The minimum atomic E-state index is -0.325. The summed E-state index contributed by atoms with van der Waals surface area (Å²) in [7, 11) is 0. The number of hydrogen-bond acceptors (Lipinski definition) is 4. The van der Waals surface area contributed by atoms with Gasteiger partial charge in [-0.15, -0.1) is 0 Å². The summed E-state index contributed by atoms with van der Waals surface area (Å²) in [6.07, 6.45) is 3.43. The quantitative estimate of drug-likeness (QED) is 0.466. The third-order valence-corrected chi connectivity index (χ3v) is 7.03. The van der Waals surface area contributed by atoms with Crippen LogP contribution in [-0.4, -0.2) is 23.4 Å². The number of fused-ring (bicyclic) bond motifs is 2. The van der Waals surface area contributed by atoms with Crippen LogP contribution in [0.15, 0.2) is 36.4 Å². The first kappa shape index (κ1) is 25.3. The van der Waals surface area contributed by atoms with Crippen molar-refractivity contribution in [1.82, 2.24) is 0 Å². The molecular weight excluding hydrogens is 428 g/mol. The van der Waals surface area contributed by atoms with Gasteiger partial charge in [-0.05, 0) is 71.9 Å². The molecule has 6 nitrogen and oxygen atoms in total. The van der Waals surface area contributed by atoms with Crippen molar-refractivity contribution in [2.45, 2.75) is 77.0 Å². The molecule has 6 heteroatoms. The Balaban J connectivity index is 1.90. The Hall–Kier alpha value is -3.28. The Labute approximate surface area is 201 Å². The molecule has 0 heterocycles.